The predicted octanol–water partition coefficient (Wildman–Crippen LogP) is 4.32. The van der Waals surface area contributed by atoms with Crippen molar-refractivity contribution in [1.82, 2.24) is 15.2 Å². The van der Waals surface area contributed by atoms with E-state index in [0.717, 1.165) is 44.6 Å². The third-order valence-corrected chi connectivity index (χ3v) is 6.08. The number of amides is 1. The first-order valence-corrected chi connectivity index (χ1v) is 10.7. The molecule has 30 heavy (non-hydrogen) atoms. The fourth-order valence-corrected chi connectivity index (χ4v) is 4.59. The van der Waals surface area contributed by atoms with Gasteiger partial charge in [0, 0.05) is 26.3 Å². The number of rotatable bonds is 6. The summed E-state index contributed by atoms with van der Waals surface area (Å²) in [5.41, 5.74) is 4.27. The molecule has 2 heterocycles. The Balaban J connectivity index is 1.52. The Morgan fingerprint density at radius 1 is 1.00 bits per heavy atom. The molecule has 1 aliphatic heterocycles. The number of nitrogens with zero attached hydrogens (tertiary/aromatic N) is 2. The molecule has 0 unspecified atom stereocenters. The van der Waals surface area contributed by atoms with E-state index in [9.17, 15) is 4.79 Å². The van der Waals surface area contributed by atoms with Gasteiger partial charge in [0.15, 0.2) is 0 Å². The lowest BCUT2D eigenvalue weighted by atomic mass is 9.74. The summed E-state index contributed by atoms with van der Waals surface area (Å²) in [5, 5.41) is 2.94. The number of benzene rings is 2. The van der Waals surface area contributed by atoms with Gasteiger partial charge in [-0.15, -0.1) is 0 Å². The van der Waals surface area contributed by atoms with E-state index in [2.05, 4.69) is 69.8 Å². The minimum absolute atomic E-state index is 0.139. The van der Waals surface area contributed by atoms with Crippen LogP contribution in [0.2, 0.25) is 0 Å². The standard InChI is InChI=1S/C26H29N3O/c1-27-25(30)26(15-7-17-29(20-26)19-24-10-5-6-16-28-24)18-21-11-13-23(14-12-21)22-8-3-2-4-9-22/h2-6,8-14,16H,7,15,17-20H2,1H3,(H,27,30)/t26-/m0/s1. The first kappa shape index (κ1) is 20.3. The first-order chi connectivity index (χ1) is 14.7. The van der Waals surface area contributed by atoms with E-state index in [1.54, 1.807) is 7.05 Å². The number of likely N-dealkylation sites (tertiary alicyclic amines) is 1. The zero-order valence-corrected chi connectivity index (χ0v) is 17.6. The molecule has 1 amide bonds. The average Bonchev–Trinajstić information content (AvgIpc) is 2.80. The van der Waals surface area contributed by atoms with E-state index in [1.165, 1.54) is 16.7 Å². The second-order valence-electron chi connectivity index (χ2n) is 8.23. The molecular weight excluding hydrogens is 370 g/mol. The molecule has 1 saturated heterocycles. The van der Waals surface area contributed by atoms with E-state index >= 15 is 0 Å². The largest absolute Gasteiger partial charge is 0.359 e. The summed E-state index contributed by atoms with van der Waals surface area (Å²) in [6.07, 6.45) is 4.51. The summed E-state index contributed by atoms with van der Waals surface area (Å²) >= 11 is 0. The maximum Gasteiger partial charge on any atom is 0.227 e. The quantitative estimate of drug-likeness (QED) is 0.671. The fraction of sp³-hybridized carbons (Fsp3) is 0.308. The second kappa shape index (κ2) is 9.23. The molecule has 4 rings (SSSR count). The van der Waals surface area contributed by atoms with Crippen molar-refractivity contribution in [2.45, 2.75) is 25.8 Å². The molecule has 1 aliphatic rings. The number of carbonyl (C=O) groups excluding carboxylic acids is 1. The van der Waals surface area contributed by atoms with Crippen LogP contribution >= 0.6 is 0 Å². The van der Waals surface area contributed by atoms with E-state index in [4.69, 9.17) is 0 Å². The lowest BCUT2D eigenvalue weighted by molar-refractivity contribution is -0.134. The minimum atomic E-state index is -0.407. The molecule has 1 fully saturated rings. The molecule has 4 heteroatoms. The Morgan fingerprint density at radius 3 is 2.43 bits per heavy atom. The van der Waals surface area contributed by atoms with Crippen molar-refractivity contribution in [3.05, 3.63) is 90.3 Å². The molecular formula is C26H29N3O. The van der Waals surface area contributed by atoms with Crippen molar-refractivity contribution in [3.8, 4) is 11.1 Å². The summed E-state index contributed by atoms with van der Waals surface area (Å²) in [5.74, 6) is 0.139. The zero-order chi connectivity index (χ0) is 20.8. The molecule has 2 aromatic carbocycles. The van der Waals surface area contributed by atoms with Gasteiger partial charge in [-0.3, -0.25) is 14.7 Å². The Labute approximate surface area is 179 Å². The summed E-state index contributed by atoms with van der Waals surface area (Å²) in [6, 6.07) is 25.1. The predicted molar refractivity (Wildman–Crippen MR) is 121 cm³/mol. The van der Waals surface area contributed by atoms with Crippen molar-refractivity contribution >= 4 is 5.91 Å². The van der Waals surface area contributed by atoms with Gasteiger partial charge in [-0.25, -0.2) is 0 Å². The van der Waals surface area contributed by atoms with Gasteiger partial charge in [0.1, 0.15) is 0 Å². The van der Waals surface area contributed by atoms with Crippen LogP contribution < -0.4 is 5.32 Å². The summed E-state index contributed by atoms with van der Waals surface area (Å²) in [4.78, 5) is 19.9. The summed E-state index contributed by atoms with van der Waals surface area (Å²) in [7, 11) is 1.75. The van der Waals surface area contributed by atoms with Gasteiger partial charge < -0.3 is 5.32 Å². The van der Waals surface area contributed by atoms with Crippen LogP contribution in [0, 0.1) is 5.41 Å². The fourth-order valence-electron chi connectivity index (χ4n) is 4.59. The van der Waals surface area contributed by atoms with Gasteiger partial charge in [-0.05, 0) is 54.6 Å². The number of hydrogen-bond acceptors (Lipinski definition) is 3. The minimum Gasteiger partial charge on any atom is -0.359 e. The molecule has 0 bridgehead atoms. The Bertz CT molecular complexity index is 957. The van der Waals surface area contributed by atoms with E-state index in [0.29, 0.717) is 0 Å². The van der Waals surface area contributed by atoms with Crippen LogP contribution in [0.15, 0.2) is 79.0 Å². The zero-order valence-electron chi connectivity index (χ0n) is 17.6. The van der Waals surface area contributed by atoms with E-state index in [1.807, 2.05) is 24.4 Å². The van der Waals surface area contributed by atoms with Gasteiger partial charge in [0.2, 0.25) is 5.91 Å². The van der Waals surface area contributed by atoms with E-state index in [-0.39, 0.29) is 5.91 Å². The SMILES string of the molecule is CNC(=O)[C@]1(Cc2ccc(-c3ccccc3)cc2)CCCN(Cc2ccccn2)C1. The maximum absolute atomic E-state index is 13.0. The third-order valence-electron chi connectivity index (χ3n) is 6.08. The molecule has 0 radical (unpaired) electrons. The number of nitrogens with one attached hydrogen (secondary N) is 1. The Morgan fingerprint density at radius 2 is 1.73 bits per heavy atom. The number of piperidine rings is 1. The van der Waals surface area contributed by atoms with Crippen molar-refractivity contribution in [2.24, 2.45) is 5.41 Å². The highest BCUT2D eigenvalue weighted by atomic mass is 16.2. The van der Waals surface area contributed by atoms with Gasteiger partial charge >= 0.3 is 0 Å². The molecule has 4 nitrogen and oxygen atoms in total. The van der Waals surface area contributed by atoms with E-state index < -0.39 is 5.41 Å². The summed E-state index contributed by atoms with van der Waals surface area (Å²) < 4.78 is 0. The highest BCUT2D eigenvalue weighted by Crippen LogP contribution is 2.35. The van der Waals surface area contributed by atoms with Crippen LogP contribution in [0.25, 0.3) is 11.1 Å². The van der Waals surface area contributed by atoms with Crippen molar-refractivity contribution in [1.29, 1.82) is 0 Å². The smallest absolute Gasteiger partial charge is 0.227 e. The lowest BCUT2D eigenvalue weighted by Gasteiger charge is -2.41. The number of carbonyl (C=O) groups is 1. The molecule has 154 valence electrons. The molecule has 1 atom stereocenters. The average molecular weight is 400 g/mol. The van der Waals surface area contributed by atoms with Crippen LogP contribution in [0.3, 0.4) is 0 Å². The number of aromatic nitrogens is 1. The van der Waals surface area contributed by atoms with Gasteiger partial charge in [-0.1, -0.05) is 60.7 Å². The molecule has 1 N–H and O–H groups in total. The van der Waals surface area contributed by atoms with Crippen molar-refractivity contribution in [2.75, 3.05) is 20.1 Å². The van der Waals surface area contributed by atoms with Gasteiger partial charge in [0.25, 0.3) is 0 Å². The third kappa shape index (κ3) is 4.60. The molecule has 0 spiro atoms. The topological polar surface area (TPSA) is 45.2 Å². The van der Waals surface area contributed by atoms with Crippen molar-refractivity contribution < 1.29 is 4.79 Å². The Kier molecular flexibility index (Phi) is 6.24. The van der Waals surface area contributed by atoms with Crippen molar-refractivity contribution in [3.63, 3.8) is 0 Å². The molecule has 3 aromatic rings. The maximum atomic E-state index is 13.0. The first-order valence-electron chi connectivity index (χ1n) is 10.7. The van der Waals surface area contributed by atoms with Crippen LogP contribution in [-0.4, -0.2) is 35.9 Å². The number of hydrogen-bond donors (Lipinski definition) is 1. The number of pyridine rings is 1. The van der Waals surface area contributed by atoms with Crippen LogP contribution in [0.5, 0.6) is 0 Å². The molecule has 0 saturated carbocycles. The van der Waals surface area contributed by atoms with Crippen LogP contribution in [0.4, 0.5) is 0 Å². The highest BCUT2D eigenvalue weighted by Gasteiger charge is 2.41. The van der Waals surface area contributed by atoms with Crippen LogP contribution in [0.1, 0.15) is 24.1 Å². The van der Waals surface area contributed by atoms with Gasteiger partial charge in [-0.2, -0.15) is 0 Å². The normalized spacial score (nSPS) is 19.4. The Hall–Kier alpha value is -2.98. The molecule has 0 aliphatic carbocycles. The highest BCUT2D eigenvalue weighted by molar-refractivity contribution is 5.83. The van der Waals surface area contributed by atoms with Crippen LogP contribution in [-0.2, 0) is 17.8 Å². The lowest BCUT2D eigenvalue weighted by Crippen LogP contribution is -2.52. The van der Waals surface area contributed by atoms with Gasteiger partial charge in [0.05, 0.1) is 11.1 Å². The monoisotopic (exact) mass is 399 g/mol. The summed E-state index contributed by atoms with van der Waals surface area (Å²) in [6.45, 7) is 2.54. The second-order valence-corrected chi connectivity index (χ2v) is 8.23. The molecule has 1 aromatic heterocycles.